The molecule has 1 unspecified atom stereocenters. The second kappa shape index (κ2) is 13.9. The Morgan fingerprint density at radius 2 is 1.67 bits per heavy atom. The topological polar surface area (TPSA) is 115 Å². The molecule has 246 valence electrons. The van der Waals surface area contributed by atoms with E-state index < -0.39 is 42.3 Å². The minimum Gasteiger partial charge on any atom is -0.490 e. The number of ether oxygens (including phenoxy) is 3. The van der Waals surface area contributed by atoms with Crippen LogP contribution in [0.1, 0.15) is 44.7 Å². The zero-order chi connectivity index (χ0) is 32.9. The molecule has 2 aromatic carbocycles. The normalized spacial score (nSPS) is 18.0. The number of piperidine rings is 1. The monoisotopic (exact) mass is 634 g/mol. The second-order valence-corrected chi connectivity index (χ2v) is 12.4. The molecular weight excluding hydrogens is 593 g/mol. The van der Waals surface area contributed by atoms with Crippen molar-refractivity contribution in [1.29, 1.82) is 0 Å². The largest absolute Gasteiger partial charge is 0.490 e. The van der Waals surface area contributed by atoms with Gasteiger partial charge in [-0.15, -0.1) is 0 Å². The van der Waals surface area contributed by atoms with Crippen LogP contribution >= 0.6 is 0 Å². The minimum absolute atomic E-state index is 0.140. The number of carbonyl (C=O) groups is 3. The summed E-state index contributed by atoms with van der Waals surface area (Å²) in [7, 11) is 0. The van der Waals surface area contributed by atoms with Crippen molar-refractivity contribution in [3.05, 3.63) is 53.6 Å². The number of benzene rings is 2. The van der Waals surface area contributed by atoms with Gasteiger partial charge in [-0.3, -0.25) is 9.59 Å². The van der Waals surface area contributed by atoms with Gasteiger partial charge in [-0.25, -0.2) is 4.79 Å². The highest BCUT2D eigenvalue weighted by atomic mass is 19.4. The van der Waals surface area contributed by atoms with Crippen LogP contribution in [0.5, 0.6) is 11.5 Å². The van der Waals surface area contributed by atoms with E-state index in [1.54, 1.807) is 31.7 Å². The number of primary amides is 1. The summed E-state index contributed by atoms with van der Waals surface area (Å²) in [5, 5.41) is 0. The number of nitrogens with two attached hydrogens (primary N) is 1. The van der Waals surface area contributed by atoms with Crippen LogP contribution in [0.3, 0.4) is 0 Å². The summed E-state index contributed by atoms with van der Waals surface area (Å²) < 4.78 is 56.0. The third-order valence-electron chi connectivity index (χ3n) is 7.65. The quantitative estimate of drug-likeness (QED) is 0.456. The molecular formula is C32H41F3N4O6. The maximum absolute atomic E-state index is 13.5. The number of hydrogen-bond acceptors (Lipinski definition) is 7. The predicted octanol–water partition coefficient (Wildman–Crippen LogP) is 4.46. The van der Waals surface area contributed by atoms with Crippen molar-refractivity contribution in [1.82, 2.24) is 9.80 Å². The number of aryl methyl sites for hydroxylation is 1. The number of carbonyl (C=O) groups excluding carboxylic acids is 3. The van der Waals surface area contributed by atoms with Crippen molar-refractivity contribution in [2.45, 2.75) is 70.9 Å². The lowest BCUT2D eigenvalue weighted by molar-refractivity contribution is -0.153. The molecule has 0 saturated carbocycles. The number of halogens is 3. The fourth-order valence-electron chi connectivity index (χ4n) is 5.45. The maximum atomic E-state index is 13.5. The van der Waals surface area contributed by atoms with Crippen molar-refractivity contribution in [3.8, 4) is 11.5 Å². The third-order valence-corrected chi connectivity index (χ3v) is 7.65. The van der Waals surface area contributed by atoms with E-state index in [2.05, 4.69) is 0 Å². The molecule has 0 bridgehead atoms. The Kier molecular flexibility index (Phi) is 10.4. The van der Waals surface area contributed by atoms with E-state index in [1.807, 2.05) is 36.1 Å². The van der Waals surface area contributed by atoms with Crippen LogP contribution in [0, 0.1) is 6.92 Å². The van der Waals surface area contributed by atoms with Crippen molar-refractivity contribution >= 4 is 23.6 Å². The molecule has 1 atom stereocenters. The van der Waals surface area contributed by atoms with E-state index in [-0.39, 0.29) is 42.7 Å². The zero-order valence-electron chi connectivity index (χ0n) is 26.1. The van der Waals surface area contributed by atoms with Gasteiger partial charge in [-0.05, 0) is 45.4 Å². The summed E-state index contributed by atoms with van der Waals surface area (Å²) in [5.41, 5.74) is 7.26. The van der Waals surface area contributed by atoms with Crippen LogP contribution in [0.4, 0.5) is 23.7 Å². The molecule has 2 N–H and O–H groups in total. The highest BCUT2D eigenvalue weighted by Gasteiger charge is 2.35. The van der Waals surface area contributed by atoms with Gasteiger partial charge in [0.15, 0.2) is 6.61 Å². The van der Waals surface area contributed by atoms with E-state index in [0.29, 0.717) is 32.5 Å². The summed E-state index contributed by atoms with van der Waals surface area (Å²) in [5.74, 6) is -0.987. The Hall–Kier alpha value is -4.16. The number of nitrogens with zero attached hydrogens (tertiary/aromatic N) is 3. The SMILES string of the molecule is Cc1ccccc1N1CCN(C(=O)Cc2ccc(OC3CCN(C(=O)OC(C)(C)C)CC3)cc2OCC(F)(F)F)C(C(N)=O)C1. The number of likely N-dealkylation sites (tertiary alicyclic amines) is 1. The minimum atomic E-state index is -4.60. The fraction of sp³-hybridized carbons (Fsp3) is 0.531. The first-order valence-electron chi connectivity index (χ1n) is 15.0. The highest BCUT2D eigenvalue weighted by molar-refractivity contribution is 5.89. The van der Waals surface area contributed by atoms with Crippen molar-refractivity contribution in [2.24, 2.45) is 5.73 Å². The molecule has 45 heavy (non-hydrogen) atoms. The second-order valence-electron chi connectivity index (χ2n) is 12.4. The van der Waals surface area contributed by atoms with Gasteiger partial charge in [0, 0.05) is 62.9 Å². The van der Waals surface area contributed by atoms with Crippen LogP contribution in [0.15, 0.2) is 42.5 Å². The molecule has 0 aliphatic carbocycles. The average molecular weight is 635 g/mol. The maximum Gasteiger partial charge on any atom is 0.422 e. The van der Waals surface area contributed by atoms with Crippen molar-refractivity contribution < 1.29 is 41.8 Å². The molecule has 0 radical (unpaired) electrons. The Morgan fingerprint density at radius 3 is 2.29 bits per heavy atom. The summed E-state index contributed by atoms with van der Waals surface area (Å²) >= 11 is 0. The number of para-hydroxylation sites is 1. The molecule has 3 amide bonds. The van der Waals surface area contributed by atoms with Crippen LogP contribution in [-0.2, 0) is 20.7 Å². The van der Waals surface area contributed by atoms with Crippen LogP contribution in [-0.4, -0.2) is 91.0 Å². The van der Waals surface area contributed by atoms with Gasteiger partial charge in [0.25, 0.3) is 0 Å². The van der Waals surface area contributed by atoms with Gasteiger partial charge in [-0.1, -0.05) is 24.3 Å². The Balaban J connectivity index is 1.44. The molecule has 2 aliphatic rings. The fourth-order valence-corrected chi connectivity index (χ4v) is 5.45. The Labute approximate surface area is 261 Å². The highest BCUT2D eigenvalue weighted by Crippen LogP contribution is 2.31. The first kappa shape index (κ1) is 33.7. The van der Waals surface area contributed by atoms with Gasteiger partial charge in [0.2, 0.25) is 11.8 Å². The molecule has 10 nitrogen and oxygen atoms in total. The Bertz CT molecular complexity index is 1370. The summed E-state index contributed by atoms with van der Waals surface area (Å²) in [4.78, 5) is 43.2. The lowest BCUT2D eigenvalue weighted by atomic mass is 10.0. The first-order valence-corrected chi connectivity index (χ1v) is 15.0. The van der Waals surface area contributed by atoms with E-state index in [9.17, 15) is 27.6 Å². The molecule has 2 fully saturated rings. The molecule has 0 aromatic heterocycles. The van der Waals surface area contributed by atoms with Crippen LogP contribution in [0.2, 0.25) is 0 Å². The van der Waals surface area contributed by atoms with E-state index in [1.165, 1.54) is 17.0 Å². The van der Waals surface area contributed by atoms with Gasteiger partial charge >= 0.3 is 12.3 Å². The molecule has 2 saturated heterocycles. The molecule has 2 heterocycles. The molecule has 4 rings (SSSR count). The zero-order valence-corrected chi connectivity index (χ0v) is 26.1. The van der Waals surface area contributed by atoms with Crippen LogP contribution in [0.25, 0.3) is 0 Å². The smallest absolute Gasteiger partial charge is 0.422 e. The predicted molar refractivity (Wildman–Crippen MR) is 161 cm³/mol. The van der Waals surface area contributed by atoms with Gasteiger partial charge in [0.05, 0.1) is 6.42 Å². The molecule has 13 heteroatoms. The average Bonchev–Trinajstić information content (AvgIpc) is 2.96. The molecule has 2 aromatic rings. The van der Waals surface area contributed by atoms with E-state index >= 15 is 0 Å². The standard InChI is InChI=1S/C32H41F3N4O6/c1-21-7-5-6-8-25(21)38-15-16-39(26(19-38)29(36)41)28(40)17-22-9-10-24(18-27(22)43-20-32(33,34)35)44-23-11-13-37(14-12-23)30(42)45-31(2,3)4/h5-10,18,23,26H,11-17,19-20H2,1-4H3,(H2,36,41). The van der Waals surface area contributed by atoms with Crippen molar-refractivity contribution in [3.63, 3.8) is 0 Å². The summed E-state index contributed by atoms with van der Waals surface area (Å²) in [6.07, 6.45) is -4.59. The van der Waals surface area contributed by atoms with E-state index in [4.69, 9.17) is 19.9 Å². The van der Waals surface area contributed by atoms with E-state index in [0.717, 1.165) is 11.3 Å². The first-order chi connectivity index (χ1) is 21.1. The summed E-state index contributed by atoms with van der Waals surface area (Å²) in [6, 6.07) is 11.2. The number of alkyl halides is 3. The number of rotatable bonds is 8. The number of anilines is 1. The van der Waals surface area contributed by atoms with Gasteiger partial charge < -0.3 is 34.6 Å². The Morgan fingerprint density at radius 1 is 0.978 bits per heavy atom. The number of amides is 3. The third kappa shape index (κ3) is 9.41. The molecule has 0 spiro atoms. The summed E-state index contributed by atoms with van der Waals surface area (Å²) in [6.45, 7) is 7.45. The molecule has 2 aliphatic heterocycles. The number of piperazine rings is 1. The van der Waals surface area contributed by atoms with Crippen molar-refractivity contribution in [2.75, 3.05) is 44.2 Å². The lowest BCUT2D eigenvalue weighted by Crippen LogP contribution is -2.60. The number of hydrogen-bond donors (Lipinski definition) is 1. The van der Waals surface area contributed by atoms with Gasteiger partial charge in [-0.2, -0.15) is 13.2 Å². The van der Waals surface area contributed by atoms with Crippen LogP contribution < -0.4 is 20.1 Å². The van der Waals surface area contributed by atoms with Gasteiger partial charge in [0.1, 0.15) is 29.2 Å². The lowest BCUT2D eigenvalue weighted by Gasteiger charge is -2.41.